The van der Waals surface area contributed by atoms with Gasteiger partial charge in [0.1, 0.15) is 23.9 Å². The van der Waals surface area contributed by atoms with Crippen molar-refractivity contribution in [2.24, 2.45) is 5.10 Å². The van der Waals surface area contributed by atoms with E-state index in [0.717, 1.165) is 28.0 Å². The predicted octanol–water partition coefficient (Wildman–Crippen LogP) is 4.66. The minimum Gasteiger partial charge on any atom is -0.508 e. The second kappa shape index (κ2) is 8.89. The van der Waals surface area contributed by atoms with Crippen LogP contribution < -0.4 is 15.5 Å². The highest BCUT2D eigenvalue weighted by Crippen LogP contribution is 2.35. The maximum absolute atomic E-state index is 10.3. The monoisotopic (exact) mass is 431 g/mol. The number of nitrogens with zero attached hydrogens (tertiary/aromatic N) is 1. The third-order valence-electron chi connectivity index (χ3n) is 4.79. The highest BCUT2D eigenvalue weighted by atomic mass is 32.1. The largest absolute Gasteiger partial charge is 0.508 e. The minimum absolute atomic E-state index is 0.0585. The highest BCUT2D eigenvalue weighted by molar-refractivity contribution is 7.80. The summed E-state index contributed by atoms with van der Waals surface area (Å²) in [5, 5.41) is 27.3. The molecule has 1 aliphatic rings. The van der Waals surface area contributed by atoms with Crippen LogP contribution >= 0.6 is 12.2 Å². The fourth-order valence-electron chi connectivity index (χ4n) is 3.13. The number of aromatic hydroxyl groups is 2. The molecule has 0 radical (unpaired) electrons. The Balaban J connectivity index is 1.47. The molecule has 0 amide bonds. The molecule has 4 rings (SSSR count). The average Bonchev–Trinajstić information content (AvgIpc) is 2.76. The van der Waals surface area contributed by atoms with E-state index in [4.69, 9.17) is 17.0 Å². The second-order valence-electron chi connectivity index (χ2n) is 7.14. The van der Waals surface area contributed by atoms with Crippen LogP contribution in [0.5, 0.6) is 17.2 Å². The number of ether oxygens (including phenoxy) is 1. The molecule has 0 bridgehead atoms. The van der Waals surface area contributed by atoms with E-state index in [1.807, 2.05) is 49.4 Å². The van der Waals surface area contributed by atoms with Crippen molar-refractivity contribution in [1.29, 1.82) is 0 Å². The Morgan fingerprint density at radius 1 is 1.06 bits per heavy atom. The molecular formula is C24H21N3O3S. The number of hydrogen-bond donors (Lipinski definition) is 4. The number of hydrazone groups is 1. The van der Waals surface area contributed by atoms with Crippen molar-refractivity contribution < 1.29 is 14.9 Å². The van der Waals surface area contributed by atoms with Gasteiger partial charge >= 0.3 is 0 Å². The Hall–Kier alpha value is -3.84. The summed E-state index contributed by atoms with van der Waals surface area (Å²) >= 11 is 5.25. The van der Waals surface area contributed by atoms with Crippen molar-refractivity contribution in [2.45, 2.75) is 6.92 Å². The fourth-order valence-corrected chi connectivity index (χ4v) is 3.30. The summed E-state index contributed by atoms with van der Waals surface area (Å²) in [5.41, 5.74) is 8.06. The summed E-state index contributed by atoms with van der Waals surface area (Å²) in [6.07, 6.45) is 3.50. The summed E-state index contributed by atoms with van der Waals surface area (Å²) in [6, 6.07) is 18.2. The lowest BCUT2D eigenvalue weighted by Gasteiger charge is -2.19. The van der Waals surface area contributed by atoms with Crippen LogP contribution in [-0.2, 0) is 0 Å². The van der Waals surface area contributed by atoms with E-state index in [9.17, 15) is 10.2 Å². The molecule has 0 aromatic heterocycles. The van der Waals surface area contributed by atoms with Crippen molar-refractivity contribution in [3.05, 3.63) is 82.9 Å². The Labute approximate surface area is 185 Å². The number of hydrogen-bond acceptors (Lipinski definition) is 5. The first kappa shape index (κ1) is 20.4. The summed E-state index contributed by atoms with van der Waals surface area (Å²) in [4.78, 5) is 0. The molecule has 0 fully saturated rings. The third kappa shape index (κ3) is 5.02. The van der Waals surface area contributed by atoms with Crippen LogP contribution in [0.15, 0.2) is 65.8 Å². The maximum atomic E-state index is 10.3. The third-order valence-corrected chi connectivity index (χ3v) is 4.98. The molecule has 0 aliphatic carbocycles. The van der Waals surface area contributed by atoms with Crippen molar-refractivity contribution in [2.75, 3.05) is 11.9 Å². The lowest BCUT2D eigenvalue weighted by molar-refractivity contribution is 0.362. The Morgan fingerprint density at radius 3 is 2.55 bits per heavy atom. The van der Waals surface area contributed by atoms with E-state index in [1.54, 1.807) is 24.3 Å². The first-order chi connectivity index (χ1) is 15.0. The first-order valence-corrected chi connectivity index (χ1v) is 10.1. The number of thiocarbonyl (C=S) groups is 1. The quantitative estimate of drug-likeness (QED) is 0.273. The van der Waals surface area contributed by atoms with Gasteiger partial charge < -0.3 is 20.3 Å². The van der Waals surface area contributed by atoms with Crippen LogP contribution in [0.25, 0.3) is 11.6 Å². The Bertz CT molecular complexity index is 1170. The number of phenolic OH excluding ortho intramolecular Hbond substituents is 2. The van der Waals surface area contributed by atoms with Crippen molar-refractivity contribution in [1.82, 2.24) is 5.43 Å². The van der Waals surface area contributed by atoms with Crippen LogP contribution in [-0.4, -0.2) is 28.1 Å². The van der Waals surface area contributed by atoms with Crippen molar-refractivity contribution in [3.8, 4) is 17.2 Å². The molecule has 4 N–H and O–H groups in total. The maximum Gasteiger partial charge on any atom is 0.191 e. The molecule has 1 heterocycles. The van der Waals surface area contributed by atoms with E-state index >= 15 is 0 Å². The molecule has 156 valence electrons. The van der Waals surface area contributed by atoms with Crippen LogP contribution in [0.1, 0.15) is 22.3 Å². The van der Waals surface area contributed by atoms with Gasteiger partial charge in [-0.3, -0.25) is 5.43 Å². The minimum atomic E-state index is 0.0585. The molecule has 6 nitrogen and oxygen atoms in total. The van der Waals surface area contributed by atoms with E-state index in [-0.39, 0.29) is 11.5 Å². The molecular weight excluding hydrogens is 410 g/mol. The number of rotatable bonds is 4. The lowest BCUT2D eigenvalue weighted by Crippen LogP contribution is -2.23. The van der Waals surface area contributed by atoms with E-state index in [2.05, 4.69) is 15.8 Å². The van der Waals surface area contributed by atoms with Gasteiger partial charge in [-0.2, -0.15) is 5.10 Å². The molecule has 0 atom stereocenters. The SMILES string of the molecule is Cc1ccc(NC(=S)N/N=C/c2cc3c(cc2O)OCC(c2ccc(O)cc2)=C3)cc1. The standard InChI is InChI=1S/C24H21N3O3S/c1-15-2-6-20(7-3-15)26-24(31)27-25-13-18-10-17-11-19(14-30-23(17)12-22(18)29)16-4-8-21(28)9-5-16/h2-13,28-29H,14H2,1H3,(H2,26,27,31)/b25-13+. The number of anilines is 1. The number of fused-ring (bicyclic) bond motifs is 1. The van der Waals surface area contributed by atoms with Crippen LogP contribution in [0, 0.1) is 6.92 Å². The molecule has 3 aromatic carbocycles. The molecule has 0 saturated carbocycles. The van der Waals surface area contributed by atoms with Gasteiger partial charge in [-0.05, 0) is 66.7 Å². The zero-order chi connectivity index (χ0) is 21.8. The van der Waals surface area contributed by atoms with Gasteiger partial charge in [0, 0.05) is 22.9 Å². The zero-order valence-corrected chi connectivity index (χ0v) is 17.6. The normalized spacial score (nSPS) is 12.6. The highest BCUT2D eigenvalue weighted by Gasteiger charge is 2.15. The van der Waals surface area contributed by atoms with Gasteiger partial charge in [0.2, 0.25) is 0 Å². The second-order valence-corrected chi connectivity index (χ2v) is 7.55. The van der Waals surface area contributed by atoms with E-state index < -0.39 is 0 Å². The zero-order valence-electron chi connectivity index (χ0n) is 16.8. The molecule has 0 unspecified atom stereocenters. The van der Waals surface area contributed by atoms with Gasteiger partial charge in [-0.15, -0.1) is 0 Å². The molecule has 1 aliphatic heterocycles. The number of nitrogens with one attached hydrogen (secondary N) is 2. The summed E-state index contributed by atoms with van der Waals surface area (Å²) in [6.45, 7) is 2.40. The summed E-state index contributed by atoms with van der Waals surface area (Å²) in [5.74, 6) is 0.872. The number of benzene rings is 3. The predicted molar refractivity (Wildman–Crippen MR) is 128 cm³/mol. The summed E-state index contributed by atoms with van der Waals surface area (Å²) in [7, 11) is 0. The molecule has 3 aromatic rings. The molecule has 0 saturated heterocycles. The fraction of sp³-hybridized carbons (Fsp3) is 0.0833. The van der Waals surface area contributed by atoms with Crippen LogP contribution in [0.3, 0.4) is 0 Å². The van der Waals surface area contributed by atoms with Gasteiger partial charge in [-0.25, -0.2) is 0 Å². The van der Waals surface area contributed by atoms with Gasteiger partial charge in [-0.1, -0.05) is 29.8 Å². The van der Waals surface area contributed by atoms with Gasteiger partial charge in [0.25, 0.3) is 0 Å². The topological polar surface area (TPSA) is 86.1 Å². The Kier molecular flexibility index (Phi) is 5.86. The molecule has 7 heteroatoms. The summed E-state index contributed by atoms with van der Waals surface area (Å²) < 4.78 is 5.79. The first-order valence-electron chi connectivity index (χ1n) is 9.64. The van der Waals surface area contributed by atoms with Crippen LogP contribution in [0.2, 0.25) is 0 Å². The average molecular weight is 432 g/mol. The van der Waals surface area contributed by atoms with Gasteiger partial charge in [0.05, 0.1) is 6.21 Å². The molecule has 0 spiro atoms. The number of phenols is 2. The Morgan fingerprint density at radius 2 is 1.81 bits per heavy atom. The van der Waals surface area contributed by atoms with E-state index in [0.29, 0.717) is 23.0 Å². The van der Waals surface area contributed by atoms with Crippen LogP contribution in [0.4, 0.5) is 5.69 Å². The van der Waals surface area contributed by atoms with Gasteiger partial charge in [0.15, 0.2) is 5.11 Å². The number of aryl methyl sites for hydroxylation is 1. The van der Waals surface area contributed by atoms with E-state index in [1.165, 1.54) is 6.21 Å². The smallest absolute Gasteiger partial charge is 0.191 e. The molecule has 31 heavy (non-hydrogen) atoms. The van der Waals surface area contributed by atoms with Crippen molar-refractivity contribution in [3.63, 3.8) is 0 Å². The lowest BCUT2D eigenvalue weighted by atomic mass is 9.99. The van der Waals surface area contributed by atoms with Crippen molar-refractivity contribution >= 4 is 40.9 Å².